The number of benzene rings is 2. The summed E-state index contributed by atoms with van der Waals surface area (Å²) in [5, 5.41) is 8.84. The van der Waals surface area contributed by atoms with E-state index in [1.165, 1.54) is 30.3 Å². The van der Waals surface area contributed by atoms with E-state index in [0.717, 1.165) is 12.1 Å². The van der Waals surface area contributed by atoms with Gasteiger partial charge < -0.3 is 5.11 Å². The van der Waals surface area contributed by atoms with Crippen molar-refractivity contribution < 1.29 is 22.7 Å². The second-order valence-corrected chi connectivity index (χ2v) is 4.01. The normalized spacial score (nSPS) is 11.6. The number of hydrogen-bond donors (Lipinski definition) is 1. The molecule has 1 N–H and O–H groups in total. The zero-order chi connectivity index (χ0) is 14.0. The van der Waals surface area contributed by atoms with Crippen LogP contribution in [-0.2, 0) is 12.8 Å². The Morgan fingerprint density at radius 1 is 1.00 bits per heavy atom. The molecule has 0 saturated carbocycles. The lowest BCUT2D eigenvalue weighted by molar-refractivity contribution is -0.137. The first kappa shape index (κ1) is 13.5. The molecule has 0 saturated heterocycles. The summed E-state index contributed by atoms with van der Waals surface area (Å²) in [5.41, 5.74) is -0.722. The first-order valence-electron chi connectivity index (χ1n) is 5.49. The number of aliphatic hydroxyl groups is 1. The minimum absolute atomic E-state index is 0.0493. The van der Waals surface area contributed by atoms with Gasteiger partial charge in [-0.05, 0) is 23.3 Å². The van der Waals surface area contributed by atoms with Gasteiger partial charge >= 0.3 is 6.18 Å². The van der Waals surface area contributed by atoms with E-state index in [4.69, 9.17) is 5.11 Å². The molecule has 1 nitrogen and oxygen atoms in total. The largest absolute Gasteiger partial charge is 0.417 e. The third kappa shape index (κ3) is 2.76. The summed E-state index contributed by atoms with van der Waals surface area (Å²) in [4.78, 5) is 0. The molecule has 5 heteroatoms. The average molecular weight is 270 g/mol. The van der Waals surface area contributed by atoms with Crippen molar-refractivity contribution in [2.75, 3.05) is 0 Å². The Labute approximate surface area is 107 Å². The highest BCUT2D eigenvalue weighted by Gasteiger charge is 2.33. The van der Waals surface area contributed by atoms with E-state index >= 15 is 0 Å². The molecule has 0 heterocycles. The molecule has 0 spiro atoms. The summed E-state index contributed by atoms with van der Waals surface area (Å²) in [6.07, 6.45) is -4.50. The van der Waals surface area contributed by atoms with E-state index < -0.39 is 24.2 Å². The van der Waals surface area contributed by atoms with Crippen molar-refractivity contribution in [3.63, 3.8) is 0 Å². The van der Waals surface area contributed by atoms with Gasteiger partial charge in [-0.15, -0.1) is 0 Å². The van der Waals surface area contributed by atoms with Gasteiger partial charge in [-0.3, -0.25) is 0 Å². The van der Waals surface area contributed by atoms with Gasteiger partial charge in [0.2, 0.25) is 0 Å². The summed E-state index contributed by atoms with van der Waals surface area (Å²) in [6.45, 7) is -0.493. The summed E-state index contributed by atoms with van der Waals surface area (Å²) >= 11 is 0. The molecular weight excluding hydrogens is 260 g/mol. The topological polar surface area (TPSA) is 20.2 Å². The zero-order valence-corrected chi connectivity index (χ0v) is 9.71. The Hall–Kier alpha value is -1.88. The molecule has 0 fully saturated rings. The summed E-state index contributed by atoms with van der Waals surface area (Å²) in [5.74, 6) is -0.725. The van der Waals surface area contributed by atoms with Gasteiger partial charge in [-0.2, -0.15) is 13.2 Å². The quantitative estimate of drug-likeness (QED) is 0.818. The highest BCUT2D eigenvalue weighted by molar-refractivity contribution is 5.68. The van der Waals surface area contributed by atoms with E-state index in [1.807, 2.05) is 0 Å². The molecule has 2 aromatic carbocycles. The van der Waals surface area contributed by atoms with Crippen LogP contribution in [0.1, 0.15) is 11.1 Å². The van der Waals surface area contributed by atoms with Crippen LogP contribution in [0.4, 0.5) is 17.6 Å². The van der Waals surface area contributed by atoms with E-state index in [1.54, 1.807) is 0 Å². The lowest BCUT2D eigenvalue weighted by Crippen LogP contribution is -2.07. The van der Waals surface area contributed by atoms with Crippen LogP contribution in [0.25, 0.3) is 11.1 Å². The molecule has 0 amide bonds. The van der Waals surface area contributed by atoms with Crippen molar-refractivity contribution in [3.8, 4) is 11.1 Å². The Morgan fingerprint density at radius 3 is 2.26 bits per heavy atom. The maximum absolute atomic E-state index is 13.5. The predicted molar refractivity (Wildman–Crippen MR) is 62.8 cm³/mol. The monoisotopic (exact) mass is 270 g/mol. The van der Waals surface area contributed by atoms with Crippen molar-refractivity contribution in [1.82, 2.24) is 0 Å². The molecule has 0 aliphatic carbocycles. The standard InChI is InChI=1S/C14H10F4O/c15-13-7-9(5-6-10(13)8-19)11-3-1-2-4-12(11)14(16,17)18/h1-7,19H,8H2. The number of halogens is 4. The molecule has 2 rings (SSSR count). The SMILES string of the molecule is OCc1ccc(-c2ccccc2C(F)(F)F)cc1F. The molecule has 2 aromatic rings. The van der Waals surface area contributed by atoms with Gasteiger partial charge in [0.25, 0.3) is 0 Å². The van der Waals surface area contributed by atoms with Gasteiger partial charge in [0.1, 0.15) is 5.82 Å². The molecule has 0 aliphatic heterocycles. The first-order chi connectivity index (χ1) is 8.93. The number of rotatable bonds is 2. The molecule has 0 radical (unpaired) electrons. The van der Waals surface area contributed by atoms with E-state index in [0.29, 0.717) is 0 Å². The second-order valence-electron chi connectivity index (χ2n) is 4.01. The van der Waals surface area contributed by atoms with Crippen LogP contribution >= 0.6 is 0 Å². The Balaban J connectivity index is 2.57. The summed E-state index contributed by atoms with van der Waals surface area (Å²) in [6, 6.07) is 8.61. The molecular formula is C14H10F4O. The van der Waals surface area contributed by atoms with E-state index in [2.05, 4.69) is 0 Å². The first-order valence-corrected chi connectivity index (χ1v) is 5.49. The van der Waals surface area contributed by atoms with Crippen molar-refractivity contribution in [2.24, 2.45) is 0 Å². The zero-order valence-electron chi connectivity index (χ0n) is 9.71. The fourth-order valence-electron chi connectivity index (χ4n) is 1.83. The summed E-state index contributed by atoms with van der Waals surface area (Å²) < 4.78 is 52.1. The molecule has 0 bridgehead atoms. The van der Waals surface area contributed by atoms with Crippen LogP contribution < -0.4 is 0 Å². The molecule has 0 aromatic heterocycles. The maximum Gasteiger partial charge on any atom is 0.417 e. The fraction of sp³-hybridized carbons (Fsp3) is 0.143. The van der Waals surface area contributed by atoms with Crippen LogP contribution in [0.15, 0.2) is 42.5 Å². The summed E-state index contributed by atoms with van der Waals surface area (Å²) in [7, 11) is 0. The molecule has 100 valence electrons. The maximum atomic E-state index is 13.5. The number of alkyl halides is 3. The van der Waals surface area contributed by atoms with Crippen LogP contribution in [0.3, 0.4) is 0 Å². The van der Waals surface area contributed by atoms with Crippen molar-refractivity contribution in [2.45, 2.75) is 12.8 Å². The Morgan fingerprint density at radius 2 is 1.68 bits per heavy atom. The van der Waals surface area contributed by atoms with E-state index in [9.17, 15) is 17.6 Å². The van der Waals surface area contributed by atoms with Gasteiger partial charge in [-0.1, -0.05) is 30.3 Å². The van der Waals surface area contributed by atoms with Crippen molar-refractivity contribution in [1.29, 1.82) is 0 Å². The number of aliphatic hydroxyl groups excluding tert-OH is 1. The van der Waals surface area contributed by atoms with Crippen LogP contribution in [0.5, 0.6) is 0 Å². The van der Waals surface area contributed by atoms with Crippen LogP contribution in [-0.4, -0.2) is 5.11 Å². The average Bonchev–Trinajstić information content (AvgIpc) is 2.37. The minimum Gasteiger partial charge on any atom is -0.392 e. The van der Waals surface area contributed by atoms with Crippen molar-refractivity contribution >= 4 is 0 Å². The lowest BCUT2D eigenvalue weighted by Gasteiger charge is -2.13. The Kier molecular flexibility index (Phi) is 3.57. The highest BCUT2D eigenvalue weighted by Crippen LogP contribution is 2.37. The smallest absolute Gasteiger partial charge is 0.392 e. The predicted octanol–water partition coefficient (Wildman–Crippen LogP) is 4.00. The minimum atomic E-state index is -4.50. The molecule has 0 aliphatic rings. The van der Waals surface area contributed by atoms with Crippen LogP contribution in [0, 0.1) is 5.82 Å². The number of hydrogen-bond acceptors (Lipinski definition) is 1. The van der Waals surface area contributed by atoms with Gasteiger partial charge in [0.15, 0.2) is 0 Å². The van der Waals surface area contributed by atoms with Crippen molar-refractivity contribution in [3.05, 3.63) is 59.4 Å². The second kappa shape index (κ2) is 5.01. The molecule has 19 heavy (non-hydrogen) atoms. The molecule has 0 unspecified atom stereocenters. The van der Waals surface area contributed by atoms with Gasteiger partial charge in [0.05, 0.1) is 12.2 Å². The third-order valence-corrected chi connectivity index (χ3v) is 2.77. The van der Waals surface area contributed by atoms with Crippen LogP contribution in [0.2, 0.25) is 0 Å². The van der Waals surface area contributed by atoms with E-state index in [-0.39, 0.29) is 16.7 Å². The molecule has 0 atom stereocenters. The third-order valence-electron chi connectivity index (χ3n) is 2.77. The Bertz CT molecular complexity index is 590. The lowest BCUT2D eigenvalue weighted by atomic mass is 9.98. The highest BCUT2D eigenvalue weighted by atomic mass is 19.4. The van der Waals surface area contributed by atoms with Gasteiger partial charge in [0, 0.05) is 5.56 Å². The van der Waals surface area contributed by atoms with Gasteiger partial charge in [-0.25, -0.2) is 4.39 Å². The fourth-order valence-corrected chi connectivity index (χ4v) is 1.83.